The first-order valence-electron chi connectivity index (χ1n) is 11.8. The standard InChI is InChI=1S/C24H36N6O7/c1-13(2)10-17(22(34)28-16(24(36)37)8-9-19(26)31)30-23(35)18(12-20(27)32)29-21(33)15(25)11-14-6-4-3-5-7-14/h3-7,13,15-18H,8-12,25H2,1-2H3,(H2,26,31)(H2,27,32)(H,28,34)(H,29,33)(H,30,35)(H,36,37). The van der Waals surface area contributed by atoms with Crippen LogP contribution in [0.3, 0.4) is 0 Å². The van der Waals surface area contributed by atoms with Crippen molar-refractivity contribution in [2.75, 3.05) is 0 Å². The van der Waals surface area contributed by atoms with Crippen molar-refractivity contribution in [3.63, 3.8) is 0 Å². The molecular formula is C24H36N6O7. The molecule has 0 saturated heterocycles. The van der Waals surface area contributed by atoms with Crippen LogP contribution in [0.4, 0.5) is 0 Å². The maximum absolute atomic E-state index is 13.0. The van der Waals surface area contributed by atoms with Gasteiger partial charge in [-0.2, -0.15) is 0 Å². The highest BCUT2D eigenvalue weighted by atomic mass is 16.4. The molecule has 4 atom stereocenters. The predicted molar refractivity (Wildman–Crippen MR) is 133 cm³/mol. The van der Waals surface area contributed by atoms with Crippen LogP contribution >= 0.6 is 0 Å². The van der Waals surface area contributed by atoms with Gasteiger partial charge in [-0.15, -0.1) is 0 Å². The Morgan fingerprint density at radius 1 is 0.811 bits per heavy atom. The quantitative estimate of drug-likeness (QED) is 0.132. The Kier molecular flexibility index (Phi) is 12.7. The van der Waals surface area contributed by atoms with Crippen molar-refractivity contribution < 1.29 is 33.9 Å². The molecule has 13 heteroatoms. The van der Waals surface area contributed by atoms with E-state index in [9.17, 15) is 33.9 Å². The lowest BCUT2D eigenvalue weighted by atomic mass is 10.0. The summed E-state index contributed by atoms with van der Waals surface area (Å²) in [5.41, 5.74) is 17.1. The second-order valence-electron chi connectivity index (χ2n) is 9.12. The van der Waals surface area contributed by atoms with Crippen molar-refractivity contribution >= 4 is 35.5 Å². The molecule has 1 aromatic rings. The van der Waals surface area contributed by atoms with Crippen LogP contribution in [0.2, 0.25) is 0 Å². The fourth-order valence-corrected chi connectivity index (χ4v) is 3.44. The van der Waals surface area contributed by atoms with Crippen LogP contribution in [0, 0.1) is 5.92 Å². The number of hydrogen-bond donors (Lipinski definition) is 7. The number of aliphatic carboxylic acids is 1. The molecule has 1 aromatic carbocycles. The summed E-state index contributed by atoms with van der Waals surface area (Å²) in [5.74, 6) is -5.48. The monoisotopic (exact) mass is 520 g/mol. The first kappa shape index (κ1) is 31.0. The lowest BCUT2D eigenvalue weighted by molar-refractivity contribution is -0.143. The van der Waals surface area contributed by atoms with Gasteiger partial charge in [-0.3, -0.25) is 24.0 Å². The highest BCUT2D eigenvalue weighted by molar-refractivity contribution is 5.96. The number of carbonyl (C=O) groups is 6. The summed E-state index contributed by atoms with van der Waals surface area (Å²) in [5, 5.41) is 16.5. The Morgan fingerprint density at radius 3 is 1.86 bits per heavy atom. The molecule has 1 rings (SSSR count). The number of amides is 5. The fourth-order valence-electron chi connectivity index (χ4n) is 3.44. The summed E-state index contributed by atoms with van der Waals surface area (Å²) >= 11 is 0. The Balaban J connectivity index is 2.97. The summed E-state index contributed by atoms with van der Waals surface area (Å²) in [6.45, 7) is 3.55. The average Bonchev–Trinajstić information content (AvgIpc) is 2.80. The normalized spacial score (nSPS) is 14.1. The molecule has 0 fully saturated rings. The predicted octanol–water partition coefficient (Wildman–Crippen LogP) is -1.72. The zero-order chi connectivity index (χ0) is 28.1. The van der Waals surface area contributed by atoms with Gasteiger partial charge in [0.05, 0.1) is 12.5 Å². The number of carboxylic acids is 1. The zero-order valence-corrected chi connectivity index (χ0v) is 20.9. The summed E-state index contributed by atoms with van der Waals surface area (Å²) in [7, 11) is 0. The smallest absolute Gasteiger partial charge is 0.326 e. The number of hydrogen-bond acceptors (Lipinski definition) is 7. The molecule has 204 valence electrons. The molecule has 4 unspecified atom stereocenters. The topological polar surface area (TPSA) is 237 Å². The molecule has 0 heterocycles. The molecule has 37 heavy (non-hydrogen) atoms. The Hall–Kier alpha value is -4.00. The molecule has 5 amide bonds. The van der Waals surface area contributed by atoms with Crippen molar-refractivity contribution in [1.29, 1.82) is 0 Å². The van der Waals surface area contributed by atoms with Gasteiger partial charge in [-0.05, 0) is 30.7 Å². The summed E-state index contributed by atoms with van der Waals surface area (Å²) in [4.78, 5) is 72.6. The number of benzene rings is 1. The first-order valence-corrected chi connectivity index (χ1v) is 11.8. The van der Waals surface area contributed by atoms with E-state index >= 15 is 0 Å². The van der Waals surface area contributed by atoms with E-state index in [1.54, 1.807) is 38.1 Å². The average molecular weight is 521 g/mol. The molecular weight excluding hydrogens is 484 g/mol. The highest BCUT2D eigenvalue weighted by Crippen LogP contribution is 2.08. The lowest BCUT2D eigenvalue weighted by Crippen LogP contribution is -2.58. The van der Waals surface area contributed by atoms with Crippen molar-refractivity contribution in [2.24, 2.45) is 23.1 Å². The van der Waals surface area contributed by atoms with Gasteiger partial charge < -0.3 is 38.3 Å². The van der Waals surface area contributed by atoms with Gasteiger partial charge in [-0.25, -0.2) is 4.79 Å². The van der Waals surface area contributed by atoms with E-state index in [4.69, 9.17) is 17.2 Å². The Morgan fingerprint density at radius 2 is 1.35 bits per heavy atom. The van der Waals surface area contributed by atoms with Gasteiger partial charge in [-0.1, -0.05) is 44.2 Å². The van der Waals surface area contributed by atoms with E-state index in [-0.39, 0.29) is 31.6 Å². The second kappa shape index (κ2) is 15.2. The van der Waals surface area contributed by atoms with Crippen molar-refractivity contribution in [3.8, 4) is 0 Å². The first-order chi connectivity index (χ1) is 17.3. The van der Waals surface area contributed by atoms with Gasteiger partial charge in [0, 0.05) is 6.42 Å². The van der Waals surface area contributed by atoms with Crippen molar-refractivity contribution in [3.05, 3.63) is 35.9 Å². The van der Waals surface area contributed by atoms with Gasteiger partial charge in [0.15, 0.2) is 0 Å². The van der Waals surface area contributed by atoms with E-state index in [1.165, 1.54) is 0 Å². The molecule has 10 N–H and O–H groups in total. The lowest BCUT2D eigenvalue weighted by Gasteiger charge is -2.25. The molecule has 0 aliphatic carbocycles. The number of primary amides is 2. The third-order valence-corrected chi connectivity index (χ3v) is 5.31. The summed E-state index contributed by atoms with van der Waals surface area (Å²) in [6, 6.07) is 3.88. The molecule has 0 saturated carbocycles. The number of rotatable bonds is 16. The molecule has 0 spiro atoms. The number of carboxylic acid groups (broad SMARTS) is 1. The molecule has 0 aliphatic heterocycles. The molecule has 0 aromatic heterocycles. The highest BCUT2D eigenvalue weighted by Gasteiger charge is 2.31. The van der Waals surface area contributed by atoms with E-state index in [0.717, 1.165) is 5.56 Å². The van der Waals surface area contributed by atoms with Crippen LogP contribution in [0.1, 0.15) is 45.1 Å². The molecule has 13 nitrogen and oxygen atoms in total. The largest absolute Gasteiger partial charge is 0.480 e. The van der Waals surface area contributed by atoms with Crippen LogP contribution in [0.25, 0.3) is 0 Å². The van der Waals surface area contributed by atoms with Crippen LogP contribution in [-0.2, 0) is 35.2 Å². The van der Waals surface area contributed by atoms with Gasteiger partial charge in [0.1, 0.15) is 18.1 Å². The van der Waals surface area contributed by atoms with E-state index in [1.807, 2.05) is 6.07 Å². The maximum atomic E-state index is 13.0. The maximum Gasteiger partial charge on any atom is 0.326 e. The zero-order valence-electron chi connectivity index (χ0n) is 20.9. The Bertz CT molecular complexity index is 970. The third kappa shape index (κ3) is 12.0. The van der Waals surface area contributed by atoms with Crippen molar-refractivity contribution in [2.45, 2.75) is 70.1 Å². The molecule has 0 aliphatic rings. The minimum atomic E-state index is -1.42. The summed E-state index contributed by atoms with van der Waals surface area (Å²) in [6.07, 6.45) is -0.767. The number of nitrogens with two attached hydrogens (primary N) is 3. The van der Waals surface area contributed by atoms with Crippen LogP contribution in [0.15, 0.2) is 30.3 Å². The minimum absolute atomic E-state index is 0.103. The fraction of sp³-hybridized carbons (Fsp3) is 0.500. The molecule has 0 bridgehead atoms. The van der Waals surface area contributed by atoms with E-state index in [0.29, 0.717) is 0 Å². The summed E-state index contributed by atoms with van der Waals surface area (Å²) < 4.78 is 0. The van der Waals surface area contributed by atoms with Crippen LogP contribution in [0.5, 0.6) is 0 Å². The SMILES string of the molecule is CC(C)CC(NC(=O)C(CC(N)=O)NC(=O)C(N)Cc1ccccc1)C(=O)NC(CCC(N)=O)C(=O)O. The molecule has 0 radical (unpaired) electrons. The van der Waals surface area contributed by atoms with Crippen LogP contribution < -0.4 is 33.2 Å². The van der Waals surface area contributed by atoms with E-state index in [2.05, 4.69) is 16.0 Å². The second-order valence-corrected chi connectivity index (χ2v) is 9.12. The van der Waals surface area contributed by atoms with Crippen LogP contribution in [-0.4, -0.2) is 64.8 Å². The van der Waals surface area contributed by atoms with Gasteiger partial charge in [0.25, 0.3) is 0 Å². The minimum Gasteiger partial charge on any atom is -0.480 e. The van der Waals surface area contributed by atoms with E-state index < -0.39 is 66.1 Å². The van der Waals surface area contributed by atoms with Gasteiger partial charge in [0.2, 0.25) is 29.5 Å². The van der Waals surface area contributed by atoms with Crippen molar-refractivity contribution in [1.82, 2.24) is 16.0 Å². The number of carbonyl (C=O) groups excluding carboxylic acids is 5. The Labute approximate surface area is 214 Å². The number of nitrogens with one attached hydrogen (secondary N) is 3. The van der Waals surface area contributed by atoms with Gasteiger partial charge >= 0.3 is 5.97 Å². The third-order valence-electron chi connectivity index (χ3n) is 5.31.